The van der Waals surface area contributed by atoms with Gasteiger partial charge in [-0.15, -0.1) is 10.2 Å². The van der Waals surface area contributed by atoms with Crippen molar-refractivity contribution >= 4 is 11.7 Å². The van der Waals surface area contributed by atoms with Gasteiger partial charge < -0.3 is 18.9 Å². The molecule has 25 heavy (non-hydrogen) atoms. The number of aromatic nitrogens is 4. The van der Waals surface area contributed by atoms with Gasteiger partial charge >= 0.3 is 0 Å². The number of hydrogen-bond donors (Lipinski definition) is 0. The van der Waals surface area contributed by atoms with E-state index in [1.165, 1.54) is 0 Å². The van der Waals surface area contributed by atoms with Crippen molar-refractivity contribution in [3.63, 3.8) is 0 Å². The first-order valence-electron chi connectivity index (χ1n) is 8.15. The molecule has 4 heterocycles. The minimum Gasteiger partial charge on any atom is -0.361 e. The molecule has 3 aromatic heterocycles. The fourth-order valence-electron chi connectivity index (χ4n) is 2.88. The summed E-state index contributed by atoms with van der Waals surface area (Å²) < 4.78 is 6.89. The predicted molar refractivity (Wildman–Crippen MR) is 90.7 cm³/mol. The van der Waals surface area contributed by atoms with Crippen LogP contribution in [-0.2, 0) is 0 Å². The molecule has 8 heteroatoms. The van der Waals surface area contributed by atoms with Crippen LogP contribution < -0.4 is 4.90 Å². The SMILES string of the molecule is Cc1cc(C(=O)N2CCN(c3ccc(-n4cccc4)nn3)CC2)no1. The second-order valence-corrected chi connectivity index (χ2v) is 5.94. The number of aryl methyl sites for hydroxylation is 1. The standard InChI is InChI=1S/C17H18N6O2/c1-13-12-14(20-25-13)17(24)23-10-8-22(9-11-23)16-5-4-15(18-19-16)21-6-2-3-7-21/h2-7,12H,8-11H2,1H3. The summed E-state index contributed by atoms with van der Waals surface area (Å²) in [5.74, 6) is 2.15. The van der Waals surface area contributed by atoms with E-state index >= 15 is 0 Å². The Morgan fingerprint density at radius 2 is 1.72 bits per heavy atom. The van der Waals surface area contributed by atoms with Gasteiger partial charge in [-0.3, -0.25) is 4.79 Å². The first-order chi connectivity index (χ1) is 12.2. The van der Waals surface area contributed by atoms with Crippen molar-refractivity contribution in [1.29, 1.82) is 0 Å². The average Bonchev–Trinajstić information content (AvgIpc) is 3.33. The number of carbonyl (C=O) groups is 1. The highest BCUT2D eigenvalue weighted by atomic mass is 16.5. The van der Waals surface area contributed by atoms with E-state index in [9.17, 15) is 4.79 Å². The third kappa shape index (κ3) is 3.10. The van der Waals surface area contributed by atoms with Crippen LogP contribution in [0, 0.1) is 6.92 Å². The quantitative estimate of drug-likeness (QED) is 0.720. The van der Waals surface area contributed by atoms with E-state index < -0.39 is 0 Å². The second kappa shape index (κ2) is 6.39. The molecule has 8 nitrogen and oxygen atoms in total. The van der Waals surface area contributed by atoms with Gasteiger partial charge in [0.15, 0.2) is 17.3 Å². The Bertz CT molecular complexity index is 848. The summed E-state index contributed by atoms with van der Waals surface area (Å²) in [7, 11) is 0. The maximum atomic E-state index is 12.4. The minimum atomic E-state index is -0.0921. The van der Waals surface area contributed by atoms with Crippen LogP contribution in [0.4, 0.5) is 5.82 Å². The van der Waals surface area contributed by atoms with Crippen molar-refractivity contribution in [1.82, 2.24) is 24.8 Å². The highest BCUT2D eigenvalue weighted by molar-refractivity contribution is 5.92. The van der Waals surface area contributed by atoms with Crippen molar-refractivity contribution in [3.8, 4) is 5.82 Å². The Labute approximate surface area is 144 Å². The number of rotatable bonds is 3. The molecule has 4 rings (SSSR count). The Kier molecular flexibility index (Phi) is 3.93. The first kappa shape index (κ1) is 15.4. The van der Waals surface area contributed by atoms with E-state index in [-0.39, 0.29) is 5.91 Å². The molecule has 3 aromatic rings. The van der Waals surface area contributed by atoms with Gasteiger partial charge in [-0.2, -0.15) is 0 Å². The van der Waals surface area contributed by atoms with Crippen molar-refractivity contribution in [3.05, 3.63) is 54.2 Å². The zero-order valence-corrected chi connectivity index (χ0v) is 13.9. The summed E-state index contributed by atoms with van der Waals surface area (Å²) in [5, 5.41) is 12.4. The van der Waals surface area contributed by atoms with Crippen LogP contribution in [-0.4, -0.2) is 56.9 Å². The summed E-state index contributed by atoms with van der Waals surface area (Å²) in [6.45, 7) is 4.43. The number of hydrogen-bond acceptors (Lipinski definition) is 6. The van der Waals surface area contributed by atoms with Gasteiger partial charge in [-0.1, -0.05) is 5.16 Å². The van der Waals surface area contributed by atoms with Gasteiger partial charge in [0.25, 0.3) is 5.91 Å². The molecule has 0 aromatic carbocycles. The average molecular weight is 338 g/mol. The van der Waals surface area contributed by atoms with E-state index in [0.717, 1.165) is 11.6 Å². The predicted octanol–water partition coefficient (Wildman–Crippen LogP) is 1.53. The Hall–Kier alpha value is -3.16. The summed E-state index contributed by atoms with van der Waals surface area (Å²) in [5.41, 5.74) is 0.363. The molecule has 0 unspecified atom stereocenters. The summed E-state index contributed by atoms with van der Waals surface area (Å²) >= 11 is 0. The van der Waals surface area contributed by atoms with E-state index in [1.54, 1.807) is 17.9 Å². The molecule has 1 aliphatic rings. The molecule has 0 bridgehead atoms. The highest BCUT2D eigenvalue weighted by Crippen LogP contribution is 2.16. The fraction of sp³-hybridized carbons (Fsp3) is 0.294. The van der Waals surface area contributed by atoms with Gasteiger partial charge in [0.1, 0.15) is 5.76 Å². The van der Waals surface area contributed by atoms with Crippen LogP contribution in [0.2, 0.25) is 0 Å². The maximum absolute atomic E-state index is 12.4. The second-order valence-electron chi connectivity index (χ2n) is 5.94. The molecule has 1 amide bonds. The Morgan fingerprint density at radius 1 is 1.04 bits per heavy atom. The van der Waals surface area contributed by atoms with Crippen molar-refractivity contribution < 1.29 is 9.32 Å². The topological polar surface area (TPSA) is 80.3 Å². The summed E-state index contributed by atoms with van der Waals surface area (Å²) in [6.07, 6.45) is 3.86. The Balaban J connectivity index is 1.39. The first-order valence-corrected chi connectivity index (χ1v) is 8.15. The molecule has 0 N–H and O–H groups in total. The smallest absolute Gasteiger partial charge is 0.276 e. The minimum absolute atomic E-state index is 0.0921. The van der Waals surface area contributed by atoms with Crippen LogP contribution in [0.1, 0.15) is 16.2 Å². The van der Waals surface area contributed by atoms with Gasteiger partial charge in [-0.25, -0.2) is 0 Å². The van der Waals surface area contributed by atoms with Crippen molar-refractivity contribution in [2.24, 2.45) is 0 Å². The van der Waals surface area contributed by atoms with Gasteiger partial charge in [-0.05, 0) is 31.2 Å². The monoisotopic (exact) mass is 338 g/mol. The molecule has 128 valence electrons. The molecule has 0 atom stereocenters. The Morgan fingerprint density at radius 3 is 2.32 bits per heavy atom. The van der Waals surface area contributed by atoms with Crippen LogP contribution in [0.25, 0.3) is 5.82 Å². The lowest BCUT2D eigenvalue weighted by Crippen LogP contribution is -2.49. The molecular formula is C17H18N6O2. The molecular weight excluding hydrogens is 320 g/mol. The lowest BCUT2D eigenvalue weighted by atomic mass is 10.2. The maximum Gasteiger partial charge on any atom is 0.276 e. The van der Waals surface area contributed by atoms with Gasteiger partial charge in [0.2, 0.25) is 0 Å². The number of carbonyl (C=O) groups excluding carboxylic acids is 1. The number of amides is 1. The molecule has 0 saturated carbocycles. The third-order valence-corrected chi connectivity index (χ3v) is 4.24. The molecule has 1 aliphatic heterocycles. The molecule has 1 fully saturated rings. The number of piperazine rings is 1. The highest BCUT2D eigenvalue weighted by Gasteiger charge is 2.25. The fourth-order valence-corrected chi connectivity index (χ4v) is 2.88. The lowest BCUT2D eigenvalue weighted by Gasteiger charge is -2.34. The summed E-state index contributed by atoms with van der Waals surface area (Å²) in [4.78, 5) is 16.3. The molecule has 0 spiro atoms. The zero-order chi connectivity index (χ0) is 17.2. The van der Waals surface area contributed by atoms with Gasteiger partial charge in [0.05, 0.1) is 0 Å². The van der Waals surface area contributed by atoms with Crippen LogP contribution in [0.3, 0.4) is 0 Å². The van der Waals surface area contributed by atoms with Crippen molar-refractivity contribution in [2.45, 2.75) is 6.92 Å². The normalized spacial score (nSPS) is 14.8. The molecule has 0 radical (unpaired) electrons. The van der Waals surface area contributed by atoms with Crippen molar-refractivity contribution in [2.75, 3.05) is 31.1 Å². The third-order valence-electron chi connectivity index (χ3n) is 4.24. The van der Waals surface area contributed by atoms with Gasteiger partial charge in [0, 0.05) is 44.6 Å². The van der Waals surface area contributed by atoms with Crippen LogP contribution in [0.15, 0.2) is 47.2 Å². The lowest BCUT2D eigenvalue weighted by molar-refractivity contribution is 0.0736. The number of nitrogens with zero attached hydrogens (tertiary/aromatic N) is 6. The number of anilines is 1. The molecule has 0 aliphatic carbocycles. The van der Waals surface area contributed by atoms with Crippen LogP contribution >= 0.6 is 0 Å². The largest absolute Gasteiger partial charge is 0.361 e. The van der Waals surface area contributed by atoms with E-state index in [0.29, 0.717) is 37.6 Å². The zero-order valence-electron chi connectivity index (χ0n) is 13.9. The van der Waals surface area contributed by atoms with E-state index in [4.69, 9.17) is 4.52 Å². The van der Waals surface area contributed by atoms with E-state index in [2.05, 4.69) is 20.3 Å². The van der Waals surface area contributed by atoms with E-state index in [1.807, 2.05) is 41.2 Å². The molecule has 1 saturated heterocycles. The summed E-state index contributed by atoms with van der Waals surface area (Å²) in [6, 6.07) is 9.46. The van der Waals surface area contributed by atoms with Crippen LogP contribution in [0.5, 0.6) is 0 Å².